The highest BCUT2D eigenvalue weighted by molar-refractivity contribution is 5.69. The van der Waals surface area contributed by atoms with E-state index in [-0.39, 0.29) is 6.09 Å². The van der Waals surface area contributed by atoms with Crippen LogP contribution in [0.15, 0.2) is 0 Å². The maximum Gasteiger partial charge on any atom is 0.410 e. The maximum absolute atomic E-state index is 12.5. The SMILES string of the molecule is CC1(C)CCC(NC2CC3CCC(C2)N3C(=O)OC(C)(C)C)C1. The van der Waals surface area contributed by atoms with E-state index in [4.69, 9.17) is 4.74 Å². The van der Waals surface area contributed by atoms with Crippen molar-refractivity contribution in [2.75, 3.05) is 0 Å². The second kappa shape index (κ2) is 5.94. The van der Waals surface area contributed by atoms with Crippen LogP contribution in [0.5, 0.6) is 0 Å². The van der Waals surface area contributed by atoms with Crippen LogP contribution in [-0.2, 0) is 4.74 Å². The van der Waals surface area contributed by atoms with Crippen LogP contribution in [0, 0.1) is 5.41 Å². The van der Waals surface area contributed by atoms with E-state index in [2.05, 4.69) is 19.2 Å². The van der Waals surface area contributed by atoms with Gasteiger partial charge < -0.3 is 15.0 Å². The fourth-order valence-electron chi connectivity index (χ4n) is 4.84. The van der Waals surface area contributed by atoms with Crippen molar-refractivity contribution in [2.45, 2.75) is 109 Å². The molecule has 1 saturated carbocycles. The number of carbonyl (C=O) groups is 1. The van der Waals surface area contributed by atoms with Crippen LogP contribution >= 0.6 is 0 Å². The summed E-state index contributed by atoms with van der Waals surface area (Å²) in [5.74, 6) is 0. The lowest BCUT2D eigenvalue weighted by molar-refractivity contribution is 0.00428. The lowest BCUT2D eigenvalue weighted by Gasteiger charge is -2.40. The van der Waals surface area contributed by atoms with Gasteiger partial charge in [-0.1, -0.05) is 13.8 Å². The van der Waals surface area contributed by atoms with Crippen LogP contribution in [0.3, 0.4) is 0 Å². The molecule has 2 bridgehead atoms. The predicted octanol–water partition coefficient (Wildman–Crippen LogP) is 4.09. The number of nitrogens with zero attached hydrogens (tertiary/aromatic N) is 1. The standard InChI is InChI=1S/C19H34N2O2/c1-18(2,3)23-17(22)21-15-6-7-16(21)11-14(10-15)20-13-8-9-19(4,5)12-13/h13-16,20H,6-12H2,1-5H3. The van der Waals surface area contributed by atoms with Gasteiger partial charge in [-0.25, -0.2) is 4.79 Å². The Morgan fingerprint density at radius 1 is 1.09 bits per heavy atom. The van der Waals surface area contributed by atoms with Crippen molar-refractivity contribution in [2.24, 2.45) is 5.41 Å². The molecule has 3 fully saturated rings. The van der Waals surface area contributed by atoms with Gasteiger partial charge in [-0.05, 0) is 71.1 Å². The van der Waals surface area contributed by atoms with E-state index in [1.54, 1.807) is 0 Å². The number of piperidine rings is 1. The van der Waals surface area contributed by atoms with Gasteiger partial charge in [0.15, 0.2) is 0 Å². The molecule has 2 saturated heterocycles. The normalized spacial score (nSPS) is 36.3. The molecular weight excluding hydrogens is 288 g/mol. The molecule has 4 heteroatoms. The third kappa shape index (κ3) is 4.01. The number of nitrogens with one attached hydrogen (secondary N) is 1. The highest BCUT2D eigenvalue weighted by Crippen LogP contribution is 2.40. The third-order valence-corrected chi connectivity index (χ3v) is 5.78. The molecule has 4 nitrogen and oxygen atoms in total. The number of amides is 1. The average Bonchev–Trinajstić information content (AvgIpc) is 2.85. The van der Waals surface area contributed by atoms with Gasteiger partial charge in [-0.15, -0.1) is 0 Å². The van der Waals surface area contributed by atoms with Crippen LogP contribution < -0.4 is 5.32 Å². The lowest BCUT2D eigenvalue weighted by Crippen LogP contribution is -2.53. The molecule has 3 rings (SSSR count). The fraction of sp³-hybridized carbons (Fsp3) is 0.947. The van der Waals surface area contributed by atoms with Gasteiger partial charge in [-0.2, -0.15) is 0 Å². The summed E-state index contributed by atoms with van der Waals surface area (Å²) in [5, 5.41) is 3.90. The Balaban J connectivity index is 1.56. The van der Waals surface area contributed by atoms with Crippen molar-refractivity contribution < 1.29 is 9.53 Å². The molecule has 1 amide bonds. The van der Waals surface area contributed by atoms with E-state index in [0.717, 1.165) is 25.7 Å². The van der Waals surface area contributed by atoms with Crippen molar-refractivity contribution >= 4 is 6.09 Å². The van der Waals surface area contributed by atoms with Crippen molar-refractivity contribution in [1.29, 1.82) is 0 Å². The third-order valence-electron chi connectivity index (χ3n) is 5.78. The molecule has 0 aromatic carbocycles. The molecule has 23 heavy (non-hydrogen) atoms. The van der Waals surface area contributed by atoms with E-state index in [1.807, 2.05) is 25.7 Å². The largest absolute Gasteiger partial charge is 0.444 e. The van der Waals surface area contributed by atoms with Crippen molar-refractivity contribution in [3.05, 3.63) is 0 Å². The zero-order valence-corrected chi connectivity index (χ0v) is 15.5. The summed E-state index contributed by atoms with van der Waals surface area (Å²) in [4.78, 5) is 14.5. The Kier molecular flexibility index (Phi) is 4.41. The molecule has 1 N–H and O–H groups in total. The minimum atomic E-state index is -0.402. The van der Waals surface area contributed by atoms with E-state index >= 15 is 0 Å². The average molecular weight is 322 g/mol. The van der Waals surface area contributed by atoms with E-state index in [1.165, 1.54) is 19.3 Å². The second-order valence-corrected chi connectivity index (χ2v) is 9.71. The van der Waals surface area contributed by atoms with Crippen LogP contribution in [0.4, 0.5) is 4.79 Å². The summed E-state index contributed by atoms with van der Waals surface area (Å²) in [6.45, 7) is 10.6. The highest BCUT2D eigenvalue weighted by atomic mass is 16.6. The molecular formula is C19H34N2O2. The molecule has 0 aromatic heterocycles. The maximum atomic E-state index is 12.5. The topological polar surface area (TPSA) is 41.6 Å². The van der Waals surface area contributed by atoms with Gasteiger partial charge in [0.2, 0.25) is 0 Å². The van der Waals surface area contributed by atoms with Gasteiger partial charge in [-0.3, -0.25) is 0 Å². The van der Waals surface area contributed by atoms with E-state index < -0.39 is 5.60 Å². The summed E-state index contributed by atoms with van der Waals surface area (Å²) in [6, 6.07) is 1.98. The number of hydrogen-bond acceptors (Lipinski definition) is 3. The first-order valence-corrected chi connectivity index (χ1v) is 9.40. The molecule has 3 atom stereocenters. The first-order valence-electron chi connectivity index (χ1n) is 9.40. The molecule has 0 radical (unpaired) electrons. The van der Waals surface area contributed by atoms with Crippen LogP contribution in [-0.4, -0.2) is 40.8 Å². The summed E-state index contributed by atoms with van der Waals surface area (Å²) >= 11 is 0. The minimum Gasteiger partial charge on any atom is -0.444 e. The second-order valence-electron chi connectivity index (χ2n) is 9.71. The fourth-order valence-corrected chi connectivity index (χ4v) is 4.84. The predicted molar refractivity (Wildman–Crippen MR) is 92.5 cm³/mol. The van der Waals surface area contributed by atoms with Gasteiger partial charge in [0.05, 0.1) is 0 Å². The summed E-state index contributed by atoms with van der Waals surface area (Å²) in [7, 11) is 0. The monoisotopic (exact) mass is 322 g/mol. The molecule has 0 spiro atoms. The number of ether oxygens (including phenoxy) is 1. The van der Waals surface area contributed by atoms with Gasteiger partial charge in [0.1, 0.15) is 5.60 Å². The number of rotatable bonds is 2. The van der Waals surface area contributed by atoms with Crippen LogP contribution in [0.2, 0.25) is 0 Å². The quantitative estimate of drug-likeness (QED) is 0.832. The molecule has 1 aliphatic carbocycles. The number of fused-ring (bicyclic) bond motifs is 2. The Labute approximate surface area is 141 Å². The van der Waals surface area contributed by atoms with E-state index in [9.17, 15) is 4.79 Å². The van der Waals surface area contributed by atoms with Gasteiger partial charge in [0, 0.05) is 24.2 Å². The van der Waals surface area contributed by atoms with Crippen molar-refractivity contribution in [3.8, 4) is 0 Å². The Hall–Kier alpha value is -0.770. The Bertz CT molecular complexity index is 441. The van der Waals surface area contributed by atoms with Gasteiger partial charge >= 0.3 is 6.09 Å². The Morgan fingerprint density at radius 3 is 2.17 bits per heavy atom. The van der Waals surface area contributed by atoms with Crippen molar-refractivity contribution in [3.63, 3.8) is 0 Å². The zero-order chi connectivity index (χ0) is 16.8. The zero-order valence-electron chi connectivity index (χ0n) is 15.5. The van der Waals surface area contributed by atoms with Crippen LogP contribution in [0.25, 0.3) is 0 Å². The molecule has 2 aliphatic heterocycles. The molecule has 0 aromatic rings. The van der Waals surface area contributed by atoms with E-state index in [0.29, 0.717) is 29.6 Å². The summed E-state index contributed by atoms with van der Waals surface area (Å²) in [6.07, 6.45) is 8.26. The number of carbonyl (C=O) groups excluding carboxylic acids is 1. The first kappa shape index (κ1) is 17.1. The molecule has 3 unspecified atom stereocenters. The molecule has 132 valence electrons. The number of hydrogen-bond donors (Lipinski definition) is 1. The summed E-state index contributed by atoms with van der Waals surface area (Å²) < 4.78 is 5.62. The van der Waals surface area contributed by atoms with Crippen LogP contribution in [0.1, 0.15) is 79.6 Å². The molecule has 2 heterocycles. The minimum absolute atomic E-state index is 0.106. The lowest BCUT2D eigenvalue weighted by atomic mass is 9.91. The smallest absolute Gasteiger partial charge is 0.410 e. The van der Waals surface area contributed by atoms with Gasteiger partial charge in [0.25, 0.3) is 0 Å². The summed E-state index contributed by atoms with van der Waals surface area (Å²) in [5.41, 5.74) is 0.0922. The Morgan fingerprint density at radius 2 is 1.70 bits per heavy atom. The highest BCUT2D eigenvalue weighted by Gasteiger charge is 2.45. The van der Waals surface area contributed by atoms with Crippen molar-refractivity contribution in [1.82, 2.24) is 10.2 Å². The first-order chi connectivity index (χ1) is 10.6. The molecule has 3 aliphatic rings.